The number of nitrogens with zero attached hydrogens (tertiary/aromatic N) is 1. The average Bonchev–Trinajstić information content (AvgIpc) is 2.32. The molecule has 0 saturated carbocycles. The molecule has 0 saturated heterocycles. The Bertz CT molecular complexity index is 560. The molecule has 1 aromatic carbocycles. The van der Waals surface area contributed by atoms with Crippen LogP contribution in [0.2, 0.25) is 5.02 Å². The van der Waals surface area contributed by atoms with Crippen LogP contribution in [0, 0.1) is 5.82 Å². The molecular weight excluding hydrogens is 243 g/mol. The molecule has 1 heterocycles. The van der Waals surface area contributed by atoms with E-state index in [2.05, 4.69) is 4.98 Å². The number of halogens is 2. The number of methoxy groups -OCH3 is 1. The smallest absolute Gasteiger partial charge is 0.221 e. The molecule has 1 aromatic heterocycles. The quantitative estimate of drug-likeness (QED) is 0.893. The van der Waals surface area contributed by atoms with Gasteiger partial charge in [-0.25, -0.2) is 9.37 Å². The van der Waals surface area contributed by atoms with Crippen LogP contribution in [0.1, 0.15) is 0 Å². The monoisotopic (exact) mass is 252 g/mol. The Morgan fingerprint density at radius 1 is 1.35 bits per heavy atom. The molecule has 0 atom stereocenters. The third-order valence-electron chi connectivity index (χ3n) is 2.30. The van der Waals surface area contributed by atoms with Gasteiger partial charge in [0.2, 0.25) is 5.88 Å². The lowest BCUT2D eigenvalue weighted by Gasteiger charge is -2.08. The van der Waals surface area contributed by atoms with Crippen molar-refractivity contribution >= 4 is 17.3 Å². The maximum Gasteiger partial charge on any atom is 0.221 e. The fraction of sp³-hybridized carbons (Fsp3) is 0.0833. The molecule has 0 fully saturated rings. The number of pyridine rings is 1. The molecular formula is C12H10ClFN2O. The first-order valence-electron chi connectivity index (χ1n) is 4.86. The molecule has 0 amide bonds. The number of aromatic nitrogens is 1. The summed E-state index contributed by atoms with van der Waals surface area (Å²) in [7, 11) is 1.51. The summed E-state index contributed by atoms with van der Waals surface area (Å²) in [5, 5.41) is 0.0481. The first-order chi connectivity index (χ1) is 8.11. The van der Waals surface area contributed by atoms with Crippen LogP contribution in [0.4, 0.5) is 10.1 Å². The molecule has 0 aliphatic rings. The summed E-state index contributed by atoms with van der Waals surface area (Å²) in [5.74, 6) is -0.0480. The van der Waals surface area contributed by atoms with E-state index < -0.39 is 5.82 Å². The molecule has 2 aromatic rings. The van der Waals surface area contributed by atoms with E-state index in [1.54, 1.807) is 12.1 Å². The van der Waals surface area contributed by atoms with Crippen molar-refractivity contribution < 1.29 is 9.13 Å². The maximum atomic E-state index is 13.1. The Labute approximate surface area is 103 Å². The van der Waals surface area contributed by atoms with Crippen LogP contribution < -0.4 is 10.5 Å². The van der Waals surface area contributed by atoms with Crippen molar-refractivity contribution in [2.45, 2.75) is 0 Å². The highest BCUT2D eigenvalue weighted by atomic mass is 35.5. The number of hydrogen-bond donors (Lipinski definition) is 1. The first kappa shape index (κ1) is 11.7. The average molecular weight is 253 g/mol. The maximum absolute atomic E-state index is 13.1. The minimum absolute atomic E-state index is 0.0481. The number of ether oxygens (including phenoxy) is 1. The van der Waals surface area contributed by atoms with Crippen LogP contribution in [-0.4, -0.2) is 12.1 Å². The Morgan fingerprint density at radius 3 is 2.76 bits per heavy atom. The van der Waals surface area contributed by atoms with Crippen molar-refractivity contribution in [1.29, 1.82) is 0 Å². The zero-order chi connectivity index (χ0) is 12.4. The fourth-order valence-electron chi connectivity index (χ4n) is 1.50. The second-order valence-electron chi connectivity index (χ2n) is 3.45. The highest BCUT2D eigenvalue weighted by Crippen LogP contribution is 2.31. The van der Waals surface area contributed by atoms with E-state index in [4.69, 9.17) is 22.1 Å². The van der Waals surface area contributed by atoms with Gasteiger partial charge in [0.15, 0.2) is 0 Å². The standard InChI is InChI=1S/C12H10ClFN2O/c1-17-12-9(5-8(15)6-16-12)7-2-3-11(14)10(13)4-7/h2-6H,15H2,1H3. The molecule has 5 heteroatoms. The van der Waals surface area contributed by atoms with E-state index in [0.717, 1.165) is 0 Å². The van der Waals surface area contributed by atoms with Crippen LogP contribution in [0.5, 0.6) is 5.88 Å². The zero-order valence-electron chi connectivity index (χ0n) is 9.08. The molecule has 0 bridgehead atoms. The van der Waals surface area contributed by atoms with E-state index in [1.807, 2.05) is 0 Å². The molecule has 3 nitrogen and oxygen atoms in total. The lowest BCUT2D eigenvalue weighted by atomic mass is 10.1. The Balaban J connectivity index is 2.58. The summed E-state index contributed by atoms with van der Waals surface area (Å²) in [4.78, 5) is 4.04. The minimum Gasteiger partial charge on any atom is -0.481 e. The fourth-order valence-corrected chi connectivity index (χ4v) is 1.68. The van der Waals surface area contributed by atoms with Crippen LogP contribution in [0.3, 0.4) is 0 Å². The summed E-state index contributed by atoms with van der Waals surface area (Å²) in [6, 6.07) is 6.10. The predicted molar refractivity (Wildman–Crippen MR) is 65.6 cm³/mol. The van der Waals surface area contributed by atoms with Gasteiger partial charge in [-0.3, -0.25) is 0 Å². The van der Waals surface area contributed by atoms with Crippen molar-refractivity contribution in [3.63, 3.8) is 0 Å². The molecule has 2 rings (SSSR count). The predicted octanol–water partition coefficient (Wildman–Crippen LogP) is 3.13. The van der Waals surface area contributed by atoms with Gasteiger partial charge in [-0.05, 0) is 23.8 Å². The Morgan fingerprint density at radius 2 is 2.12 bits per heavy atom. The first-order valence-corrected chi connectivity index (χ1v) is 5.24. The highest BCUT2D eigenvalue weighted by Gasteiger charge is 2.10. The Hall–Kier alpha value is -1.81. The lowest BCUT2D eigenvalue weighted by molar-refractivity contribution is 0.400. The van der Waals surface area contributed by atoms with Gasteiger partial charge in [0.1, 0.15) is 5.82 Å². The van der Waals surface area contributed by atoms with Crippen LogP contribution >= 0.6 is 11.6 Å². The molecule has 0 aliphatic heterocycles. The van der Waals surface area contributed by atoms with Crippen LogP contribution in [-0.2, 0) is 0 Å². The molecule has 88 valence electrons. The molecule has 0 aliphatic carbocycles. The van der Waals surface area contributed by atoms with Gasteiger partial charge in [-0.15, -0.1) is 0 Å². The van der Waals surface area contributed by atoms with Gasteiger partial charge in [-0.2, -0.15) is 0 Å². The number of rotatable bonds is 2. The topological polar surface area (TPSA) is 48.1 Å². The summed E-state index contributed by atoms with van der Waals surface area (Å²) in [5.41, 5.74) is 7.54. The van der Waals surface area contributed by atoms with E-state index in [0.29, 0.717) is 22.7 Å². The summed E-state index contributed by atoms with van der Waals surface area (Å²) >= 11 is 5.73. The summed E-state index contributed by atoms with van der Waals surface area (Å²) in [6.07, 6.45) is 1.49. The van der Waals surface area contributed by atoms with E-state index >= 15 is 0 Å². The normalized spacial score (nSPS) is 10.3. The summed E-state index contributed by atoms with van der Waals surface area (Å²) in [6.45, 7) is 0. The number of anilines is 1. The molecule has 17 heavy (non-hydrogen) atoms. The van der Waals surface area contributed by atoms with Gasteiger partial charge in [0, 0.05) is 5.56 Å². The molecule has 2 N–H and O–H groups in total. The van der Waals surface area contributed by atoms with Crippen molar-refractivity contribution in [3.05, 3.63) is 41.3 Å². The highest BCUT2D eigenvalue weighted by molar-refractivity contribution is 6.31. The van der Waals surface area contributed by atoms with E-state index in [1.165, 1.54) is 25.4 Å². The van der Waals surface area contributed by atoms with Gasteiger partial charge < -0.3 is 10.5 Å². The SMILES string of the molecule is COc1ncc(N)cc1-c1ccc(F)c(Cl)c1. The van der Waals surface area contributed by atoms with Gasteiger partial charge >= 0.3 is 0 Å². The van der Waals surface area contributed by atoms with Crippen molar-refractivity contribution in [3.8, 4) is 17.0 Å². The Kier molecular flexibility index (Phi) is 3.15. The number of nitrogens with two attached hydrogens (primary N) is 1. The van der Waals surface area contributed by atoms with Crippen molar-refractivity contribution in [2.24, 2.45) is 0 Å². The third-order valence-corrected chi connectivity index (χ3v) is 2.59. The molecule has 0 unspecified atom stereocenters. The number of benzene rings is 1. The van der Waals surface area contributed by atoms with E-state index in [9.17, 15) is 4.39 Å². The molecule has 0 spiro atoms. The second-order valence-corrected chi connectivity index (χ2v) is 3.86. The number of nitrogen functional groups attached to an aromatic ring is 1. The third kappa shape index (κ3) is 2.31. The van der Waals surface area contributed by atoms with Crippen LogP contribution in [0.25, 0.3) is 11.1 Å². The largest absolute Gasteiger partial charge is 0.481 e. The lowest BCUT2D eigenvalue weighted by Crippen LogP contribution is -1.94. The van der Waals surface area contributed by atoms with Crippen molar-refractivity contribution in [1.82, 2.24) is 4.98 Å². The second kappa shape index (κ2) is 4.59. The van der Waals surface area contributed by atoms with Crippen LogP contribution in [0.15, 0.2) is 30.5 Å². The van der Waals surface area contributed by atoms with Gasteiger partial charge in [0.05, 0.1) is 24.0 Å². The van der Waals surface area contributed by atoms with Gasteiger partial charge in [0.25, 0.3) is 0 Å². The van der Waals surface area contributed by atoms with Gasteiger partial charge in [-0.1, -0.05) is 17.7 Å². The van der Waals surface area contributed by atoms with Crippen molar-refractivity contribution in [2.75, 3.05) is 12.8 Å². The van der Waals surface area contributed by atoms with E-state index in [-0.39, 0.29) is 5.02 Å². The molecule has 0 radical (unpaired) electrons. The minimum atomic E-state index is -0.466. The summed E-state index contributed by atoms with van der Waals surface area (Å²) < 4.78 is 18.2. The zero-order valence-corrected chi connectivity index (χ0v) is 9.83. The number of hydrogen-bond acceptors (Lipinski definition) is 3.